The molecule has 24 heavy (non-hydrogen) atoms. The van der Waals surface area contributed by atoms with Crippen LogP contribution >= 0.6 is 0 Å². The van der Waals surface area contributed by atoms with Gasteiger partial charge >= 0.3 is 6.03 Å². The van der Waals surface area contributed by atoms with Gasteiger partial charge in [-0.15, -0.1) is 0 Å². The highest BCUT2D eigenvalue weighted by molar-refractivity contribution is 5.89. The number of hydrogen-bond acceptors (Lipinski definition) is 3. The Kier molecular flexibility index (Phi) is 4.86. The maximum absolute atomic E-state index is 12.3. The van der Waals surface area contributed by atoms with Crippen LogP contribution in [0.25, 0.3) is 0 Å². The summed E-state index contributed by atoms with van der Waals surface area (Å²) in [5.41, 5.74) is 2.89. The first-order valence-electron chi connectivity index (χ1n) is 7.74. The van der Waals surface area contributed by atoms with Crippen LogP contribution in [0.2, 0.25) is 0 Å². The second-order valence-electron chi connectivity index (χ2n) is 5.51. The molecule has 1 heterocycles. The lowest BCUT2D eigenvalue weighted by atomic mass is 10.1. The molecule has 2 amide bonds. The van der Waals surface area contributed by atoms with Crippen LogP contribution in [0.5, 0.6) is 0 Å². The van der Waals surface area contributed by atoms with Crippen molar-refractivity contribution in [2.24, 2.45) is 0 Å². The van der Waals surface area contributed by atoms with Crippen molar-refractivity contribution in [3.63, 3.8) is 0 Å². The van der Waals surface area contributed by atoms with Gasteiger partial charge in [0, 0.05) is 5.69 Å². The molecule has 2 aromatic carbocycles. The molecule has 3 rings (SSSR count). The standard InChI is InChI=1S/C18H19N5O/c1-14-7-9-16(10-8-14)21-18(24)22-17(13-23-19-11-12-20-23)15-5-3-2-4-6-15/h2-12,17H,13H2,1H3,(H2,21,22,24). The predicted octanol–water partition coefficient (Wildman–Crippen LogP) is 3.15. The molecule has 2 N–H and O–H groups in total. The number of carbonyl (C=O) groups excluding carboxylic acids is 1. The van der Waals surface area contributed by atoms with E-state index in [2.05, 4.69) is 20.8 Å². The molecule has 1 unspecified atom stereocenters. The summed E-state index contributed by atoms with van der Waals surface area (Å²) in [6, 6.07) is 16.9. The van der Waals surface area contributed by atoms with E-state index >= 15 is 0 Å². The zero-order valence-electron chi connectivity index (χ0n) is 13.4. The minimum atomic E-state index is -0.264. The summed E-state index contributed by atoms with van der Waals surface area (Å²) < 4.78 is 0. The van der Waals surface area contributed by atoms with Gasteiger partial charge in [0.1, 0.15) is 0 Å². The smallest absolute Gasteiger partial charge is 0.319 e. The number of aromatic nitrogens is 3. The van der Waals surface area contributed by atoms with Crippen LogP contribution in [0.4, 0.5) is 10.5 Å². The lowest BCUT2D eigenvalue weighted by Gasteiger charge is -2.19. The van der Waals surface area contributed by atoms with Crippen molar-refractivity contribution in [2.75, 3.05) is 5.32 Å². The highest BCUT2D eigenvalue weighted by Crippen LogP contribution is 2.15. The average molecular weight is 321 g/mol. The van der Waals surface area contributed by atoms with Gasteiger partial charge in [-0.2, -0.15) is 15.0 Å². The molecule has 3 aromatic rings. The predicted molar refractivity (Wildman–Crippen MR) is 92.5 cm³/mol. The summed E-state index contributed by atoms with van der Waals surface area (Å²) in [5.74, 6) is 0. The summed E-state index contributed by atoms with van der Waals surface area (Å²) in [4.78, 5) is 13.9. The fourth-order valence-electron chi connectivity index (χ4n) is 2.38. The molecule has 0 fully saturated rings. The largest absolute Gasteiger partial charge is 0.329 e. The van der Waals surface area contributed by atoms with Gasteiger partial charge in [-0.3, -0.25) is 0 Å². The first-order chi connectivity index (χ1) is 11.7. The molecule has 0 aliphatic heterocycles. The second kappa shape index (κ2) is 7.41. The van der Waals surface area contributed by atoms with Crippen molar-refractivity contribution < 1.29 is 4.79 Å². The molecule has 0 aliphatic rings. The molecule has 6 heteroatoms. The van der Waals surface area contributed by atoms with Gasteiger partial charge in [0.2, 0.25) is 0 Å². The Morgan fingerprint density at radius 2 is 1.71 bits per heavy atom. The van der Waals surface area contributed by atoms with Crippen LogP contribution in [0.1, 0.15) is 17.2 Å². The molecule has 0 aliphatic carbocycles. The van der Waals surface area contributed by atoms with Crippen molar-refractivity contribution >= 4 is 11.7 Å². The van der Waals surface area contributed by atoms with Crippen LogP contribution in [-0.4, -0.2) is 21.0 Å². The maximum Gasteiger partial charge on any atom is 0.319 e. The normalized spacial score (nSPS) is 11.7. The van der Waals surface area contributed by atoms with Gasteiger partial charge in [-0.1, -0.05) is 48.0 Å². The first-order valence-corrected chi connectivity index (χ1v) is 7.74. The summed E-state index contributed by atoms with van der Waals surface area (Å²) >= 11 is 0. The molecule has 1 aromatic heterocycles. The van der Waals surface area contributed by atoms with Gasteiger partial charge in [-0.05, 0) is 24.6 Å². The van der Waals surface area contributed by atoms with E-state index in [9.17, 15) is 4.79 Å². The number of carbonyl (C=O) groups is 1. The number of benzene rings is 2. The number of nitrogens with one attached hydrogen (secondary N) is 2. The molecule has 0 saturated carbocycles. The molecule has 0 saturated heterocycles. The van der Waals surface area contributed by atoms with E-state index in [0.29, 0.717) is 6.54 Å². The highest BCUT2D eigenvalue weighted by atomic mass is 16.2. The van der Waals surface area contributed by atoms with Crippen molar-refractivity contribution in [3.8, 4) is 0 Å². The van der Waals surface area contributed by atoms with E-state index in [1.165, 1.54) is 0 Å². The van der Waals surface area contributed by atoms with E-state index in [-0.39, 0.29) is 12.1 Å². The minimum absolute atomic E-state index is 0.232. The third kappa shape index (κ3) is 4.19. The lowest BCUT2D eigenvalue weighted by Crippen LogP contribution is -2.35. The minimum Gasteiger partial charge on any atom is -0.329 e. The average Bonchev–Trinajstić information content (AvgIpc) is 3.10. The van der Waals surface area contributed by atoms with Crippen LogP contribution < -0.4 is 10.6 Å². The van der Waals surface area contributed by atoms with Gasteiger partial charge in [-0.25, -0.2) is 4.79 Å². The van der Waals surface area contributed by atoms with E-state index in [1.807, 2.05) is 61.5 Å². The SMILES string of the molecule is Cc1ccc(NC(=O)NC(Cn2nccn2)c2ccccc2)cc1. The zero-order chi connectivity index (χ0) is 16.8. The highest BCUT2D eigenvalue weighted by Gasteiger charge is 2.16. The fourth-order valence-corrected chi connectivity index (χ4v) is 2.38. The number of amides is 2. The summed E-state index contributed by atoms with van der Waals surface area (Å²) in [6.07, 6.45) is 3.24. The molecule has 0 spiro atoms. The topological polar surface area (TPSA) is 71.8 Å². The van der Waals surface area contributed by atoms with Crippen molar-refractivity contribution in [2.45, 2.75) is 19.5 Å². The third-order valence-corrected chi connectivity index (χ3v) is 3.63. The number of anilines is 1. The van der Waals surface area contributed by atoms with Gasteiger partial charge in [0.15, 0.2) is 0 Å². The van der Waals surface area contributed by atoms with Crippen molar-refractivity contribution in [1.82, 2.24) is 20.3 Å². The Hall–Kier alpha value is -3.15. The molecular formula is C18H19N5O. The molecule has 0 bridgehead atoms. The van der Waals surface area contributed by atoms with Gasteiger partial charge in [0.25, 0.3) is 0 Å². The monoisotopic (exact) mass is 321 g/mol. The Bertz CT molecular complexity index is 769. The molecular weight excluding hydrogens is 302 g/mol. The van der Waals surface area contributed by atoms with Crippen LogP contribution in [0, 0.1) is 6.92 Å². The van der Waals surface area contributed by atoms with Crippen LogP contribution in [0.15, 0.2) is 67.0 Å². The summed E-state index contributed by atoms with van der Waals surface area (Å²) in [6.45, 7) is 2.46. The van der Waals surface area contributed by atoms with E-state index in [0.717, 1.165) is 16.8 Å². The first kappa shape index (κ1) is 15.7. The number of rotatable bonds is 5. The quantitative estimate of drug-likeness (QED) is 0.758. The lowest BCUT2D eigenvalue weighted by molar-refractivity contribution is 0.246. The Morgan fingerprint density at radius 1 is 1.04 bits per heavy atom. The van der Waals surface area contributed by atoms with Crippen LogP contribution in [0.3, 0.4) is 0 Å². The third-order valence-electron chi connectivity index (χ3n) is 3.63. The number of nitrogens with zero attached hydrogens (tertiary/aromatic N) is 3. The molecule has 6 nitrogen and oxygen atoms in total. The van der Waals surface area contributed by atoms with Gasteiger partial charge in [0.05, 0.1) is 25.0 Å². The van der Waals surface area contributed by atoms with E-state index in [1.54, 1.807) is 17.2 Å². The Labute approximate surface area is 140 Å². The zero-order valence-corrected chi connectivity index (χ0v) is 13.4. The van der Waals surface area contributed by atoms with Crippen molar-refractivity contribution in [3.05, 3.63) is 78.1 Å². The van der Waals surface area contributed by atoms with Crippen LogP contribution in [-0.2, 0) is 6.54 Å². The summed E-state index contributed by atoms with van der Waals surface area (Å²) in [7, 11) is 0. The molecule has 1 atom stereocenters. The Morgan fingerprint density at radius 3 is 2.38 bits per heavy atom. The second-order valence-corrected chi connectivity index (χ2v) is 5.51. The van der Waals surface area contributed by atoms with E-state index < -0.39 is 0 Å². The number of urea groups is 1. The molecule has 122 valence electrons. The number of hydrogen-bond donors (Lipinski definition) is 2. The molecule has 0 radical (unpaired) electrons. The van der Waals surface area contributed by atoms with Crippen molar-refractivity contribution in [1.29, 1.82) is 0 Å². The fraction of sp³-hybridized carbons (Fsp3) is 0.167. The Balaban J connectivity index is 1.71. The maximum atomic E-state index is 12.3. The van der Waals surface area contributed by atoms with E-state index in [4.69, 9.17) is 0 Å². The summed E-state index contributed by atoms with van der Waals surface area (Å²) in [5, 5.41) is 14.1. The van der Waals surface area contributed by atoms with Gasteiger partial charge < -0.3 is 10.6 Å². The number of aryl methyl sites for hydroxylation is 1.